The maximum Gasteiger partial charge on any atom is 0.317 e. The van der Waals surface area contributed by atoms with Crippen LogP contribution in [0.25, 0.3) is 0 Å². The molecule has 3 rings (SSSR count). The van der Waals surface area contributed by atoms with Gasteiger partial charge in [0.2, 0.25) is 0 Å². The highest BCUT2D eigenvalue weighted by molar-refractivity contribution is 5.75. The molecule has 0 aromatic rings. The number of unbranched alkanes of at least 4 members (excludes halogenated alkanes) is 1. The monoisotopic (exact) mass is 323 g/mol. The predicted octanol–water partition coefficient (Wildman–Crippen LogP) is 2.46. The Hall–Kier alpha value is -0.810. The van der Waals surface area contributed by atoms with E-state index in [9.17, 15) is 4.79 Å². The molecule has 0 unspecified atom stereocenters. The van der Waals surface area contributed by atoms with Crippen molar-refractivity contribution in [3.63, 3.8) is 0 Å². The average Bonchev–Trinajstić information content (AvgIpc) is 2.91. The molecule has 0 aromatic carbocycles. The number of nitrogens with one attached hydrogen (secondary N) is 1. The molecule has 2 heterocycles. The van der Waals surface area contributed by atoms with Crippen LogP contribution in [-0.2, 0) is 4.74 Å². The molecule has 1 N–H and O–H groups in total. The van der Waals surface area contributed by atoms with Crippen molar-refractivity contribution in [2.75, 3.05) is 39.4 Å². The minimum absolute atomic E-state index is 0.179. The number of fused-ring (bicyclic) bond motifs is 1. The summed E-state index contributed by atoms with van der Waals surface area (Å²) >= 11 is 0. The minimum atomic E-state index is 0.179. The zero-order chi connectivity index (χ0) is 16.1. The summed E-state index contributed by atoms with van der Waals surface area (Å²) < 4.78 is 5.36. The van der Waals surface area contributed by atoms with Crippen molar-refractivity contribution < 1.29 is 9.53 Å². The second-order valence-electron chi connectivity index (χ2n) is 7.50. The second kappa shape index (κ2) is 8.34. The van der Waals surface area contributed by atoms with E-state index in [0.717, 1.165) is 58.2 Å². The topological polar surface area (TPSA) is 44.8 Å². The number of morpholine rings is 1. The standard InChI is InChI=1S/C18H33N3O2/c1-15-14-16-6-2-3-7-17(16)21(15)18(22)19-8-4-5-9-20-10-12-23-13-11-20/h15-17H,2-14H2,1H3,(H,19,22)/t15-,16-,17-/m1/s1. The molecule has 0 aromatic heterocycles. The first-order chi connectivity index (χ1) is 11.3. The van der Waals surface area contributed by atoms with Gasteiger partial charge in [0.25, 0.3) is 0 Å². The van der Waals surface area contributed by atoms with E-state index in [1.165, 1.54) is 32.1 Å². The number of urea groups is 1. The normalized spacial score (nSPS) is 31.9. The Morgan fingerprint density at radius 2 is 1.96 bits per heavy atom. The maximum absolute atomic E-state index is 12.6. The Morgan fingerprint density at radius 3 is 2.78 bits per heavy atom. The average molecular weight is 323 g/mol. The van der Waals surface area contributed by atoms with Crippen molar-refractivity contribution in [1.29, 1.82) is 0 Å². The lowest BCUT2D eigenvalue weighted by atomic mass is 9.85. The summed E-state index contributed by atoms with van der Waals surface area (Å²) in [5.74, 6) is 0.755. The van der Waals surface area contributed by atoms with Crippen LogP contribution in [0.15, 0.2) is 0 Å². The fraction of sp³-hybridized carbons (Fsp3) is 0.944. The van der Waals surface area contributed by atoms with Gasteiger partial charge in [0.15, 0.2) is 0 Å². The molecule has 132 valence electrons. The summed E-state index contributed by atoms with van der Waals surface area (Å²) in [5.41, 5.74) is 0. The van der Waals surface area contributed by atoms with Crippen LogP contribution in [0.1, 0.15) is 51.9 Å². The van der Waals surface area contributed by atoms with E-state index in [-0.39, 0.29) is 6.03 Å². The highest BCUT2D eigenvalue weighted by Gasteiger charge is 2.42. The number of hydrogen-bond donors (Lipinski definition) is 1. The number of carbonyl (C=O) groups excluding carboxylic acids is 1. The van der Waals surface area contributed by atoms with Gasteiger partial charge >= 0.3 is 6.03 Å². The summed E-state index contributed by atoms with van der Waals surface area (Å²) in [4.78, 5) is 17.2. The van der Waals surface area contributed by atoms with Crippen molar-refractivity contribution in [3.05, 3.63) is 0 Å². The number of hydrogen-bond acceptors (Lipinski definition) is 3. The summed E-state index contributed by atoms with van der Waals surface area (Å²) in [6.07, 6.45) is 8.59. The Kier molecular flexibility index (Phi) is 6.17. The molecule has 5 nitrogen and oxygen atoms in total. The number of likely N-dealkylation sites (tertiary alicyclic amines) is 1. The number of amides is 2. The van der Waals surface area contributed by atoms with Gasteiger partial charge in [0.1, 0.15) is 0 Å². The first-order valence-corrected chi connectivity index (χ1v) is 9.62. The molecular weight excluding hydrogens is 290 g/mol. The van der Waals surface area contributed by atoms with Crippen LogP contribution in [-0.4, -0.2) is 67.3 Å². The number of ether oxygens (including phenoxy) is 1. The molecule has 3 atom stereocenters. The van der Waals surface area contributed by atoms with Gasteiger partial charge in [-0.05, 0) is 51.5 Å². The molecule has 2 aliphatic heterocycles. The molecule has 0 bridgehead atoms. The van der Waals surface area contributed by atoms with E-state index in [2.05, 4.69) is 22.0 Å². The van der Waals surface area contributed by atoms with Crippen LogP contribution in [0.3, 0.4) is 0 Å². The summed E-state index contributed by atoms with van der Waals surface area (Å²) in [6.45, 7) is 8.00. The molecule has 1 saturated carbocycles. The highest BCUT2D eigenvalue weighted by Crippen LogP contribution is 2.39. The van der Waals surface area contributed by atoms with Gasteiger partial charge in [0, 0.05) is 31.7 Å². The van der Waals surface area contributed by atoms with E-state index in [1.54, 1.807) is 0 Å². The minimum Gasteiger partial charge on any atom is -0.379 e. The molecular formula is C18H33N3O2. The predicted molar refractivity (Wildman–Crippen MR) is 91.6 cm³/mol. The second-order valence-corrected chi connectivity index (χ2v) is 7.50. The van der Waals surface area contributed by atoms with Crippen LogP contribution in [0.4, 0.5) is 4.79 Å². The highest BCUT2D eigenvalue weighted by atomic mass is 16.5. The zero-order valence-electron chi connectivity index (χ0n) is 14.6. The SMILES string of the molecule is C[C@@H]1C[C@H]2CCCC[C@H]2N1C(=O)NCCCCN1CCOCC1. The molecule has 0 spiro atoms. The summed E-state index contributed by atoms with van der Waals surface area (Å²) in [7, 11) is 0. The van der Waals surface area contributed by atoms with Crippen LogP contribution in [0.5, 0.6) is 0 Å². The zero-order valence-corrected chi connectivity index (χ0v) is 14.6. The molecule has 5 heteroatoms. The lowest BCUT2D eigenvalue weighted by molar-refractivity contribution is 0.0372. The molecule has 2 amide bonds. The van der Waals surface area contributed by atoms with Crippen molar-refractivity contribution >= 4 is 6.03 Å². The number of nitrogens with zero attached hydrogens (tertiary/aromatic N) is 2. The molecule has 3 fully saturated rings. The fourth-order valence-electron chi connectivity index (χ4n) is 4.63. The summed E-state index contributed by atoms with van der Waals surface area (Å²) in [6, 6.07) is 1.10. The van der Waals surface area contributed by atoms with Crippen molar-refractivity contribution in [1.82, 2.24) is 15.1 Å². The van der Waals surface area contributed by atoms with Gasteiger partial charge < -0.3 is 15.0 Å². The molecule has 23 heavy (non-hydrogen) atoms. The van der Waals surface area contributed by atoms with Crippen molar-refractivity contribution in [2.24, 2.45) is 5.92 Å². The Bertz CT molecular complexity index is 384. The maximum atomic E-state index is 12.6. The Labute approximate surface area is 140 Å². The van der Waals surface area contributed by atoms with E-state index in [4.69, 9.17) is 4.74 Å². The van der Waals surface area contributed by atoms with Crippen molar-refractivity contribution in [3.8, 4) is 0 Å². The Balaban J connectivity index is 1.34. The van der Waals surface area contributed by atoms with E-state index in [0.29, 0.717) is 12.1 Å². The van der Waals surface area contributed by atoms with Gasteiger partial charge in [-0.2, -0.15) is 0 Å². The van der Waals surface area contributed by atoms with E-state index >= 15 is 0 Å². The van der Waals surface area contributed by atoms with Gasteiger partial charge in [0.05, 0.1) is 13.2 Å². The lowest BCUT2D eigenvalue weighted by Crippen LogP contribution is -2.48. The van der Waals surface area contributed by atoms with Gasteiger partial charge in [-0.3, -0.25) is 4.90 Å². The molecule has 1 aliphatic carbocycles. The third-order valence-corrected chi connectivity index (χ3v) is 5.86. The van der Waals surface area contributed by atoms with E-state index in [1.807, 2.05) is 0 Å². The van der Waals surface area contributed by atoms with Gasteiger partial charge in [-0.1, -0.05) is 12.8 Å². The quantitative estimate of drug-likeness (QED) is 0.791. The van der Waals surface area contributed by atoms with E-state index < -0.39 is 0 Å². The van der Waals surface area contributed by atoms with Crippen LogP contribution in [0.2, 0.25) is 0 Å². The van der Waals surface area contributed by atoms with Gasteiger partial charge in [-0.15, -0.1) is 0 Å². The van der Waals surface area contributed by atoms with Crippen LogP contribution in [0, 0.1) is 5.92 Å². The Morgan fingerprint density at radius 1 is 1.17 bits per heavy atom. The first kappa shape index (κ1) is 17.0. The third-order valence-electron chi connectivity index (χ3n) is 5.86. The number of carbonyl (C=O) groups is 1. The van der Waals surface area contributed by atoms with Crippen molar-refractivity contribution in [2.45, 2.75) is 64.0 Å². The summed E-state index contributed by atoms with van der Waals surface area (Å²) in [5, 5.41) is 3.17. The third kappa shape index (κ3) is 4.38. The van der Waals surface area contributed by atoms with Gasteiger partial charge in [-0.25, -0.2) is 4.79 Å². The van der Waals surface area contributed by atoms with Crippen LogP contribution >= 0.6 is 0 Å². The molecule has 0 radical (unpaired) electrons. The first-order valence-electron chi connectivity index (χ1n) is 9.62. The lowest BCUT2D eigenvalue weighted by Gasteiger charge is -2.33. The molecule has 2 saturated heterocycles. The smallest absolute Gasteiger partial charge is 0.317 e. The fourth-order valence-corrected chi connectivity index (χ4v) is 4.63. The number of rotatable bonds is 5. The molecule has 3 aliphatic rings. The largest absolute Gasteiger partial charge is 0.379 e. The van der Waals surface area contributed by atoms with Crippen LogP contribution < -0.4 is 5.32 Å².